The smallest absolute Gasteiger partial charge is 0.227 e. The normalized spacial score (nSPS) is 10.2. The van der Waals surface area contributed by atoms with E-state index in [1.807, 2.05) is 24.3 Å². The second-order valence-electron chi connectivity index (χ2n) is 4.65. The Bertz CT molecular complexity index is 596. The van der Waals surface area contributed by atoms with Gasteiger partial charge in [-0.2, -0.15) is 0 Å². The highest BCUT2D eigenvalue weighted by molar-refractivity contribution is 6.30. The molecular weight excluding hydrogens is 286 g/mol. The van der Waals surface area contributed by atoms with Crippen molar-refractivity contribution < 1.29 is 9.53 Å². The predicted octanol–water partition coefficient (Wildman–Crippen LogP) is 4.31. The summed E-state index contributed by atoms with van der Waals surface area (Å²) in [6, 6.07) is 15.0. The molecule has 0 unspecified atom stereocenters. The van der Waals surface area contributed by atoms with Gasteiger partial charge >= 0.3 is 0 Å². The Labute approximate surface area is 129 Å². The highest BCUT2D eigenvalue weighted by Crippen LogP contribution is 2.15. The highest BCUT2D eigenvalue weighted by atomic mass is 35.5. The number of aryl methyl sites for hydroxylation is 1. The first kappa shape index (κ1) is 15.4. The fourth-order valence-electron chi connectivity index (χ4n) is 1.87. The molecule has 0 aliphatic heterocycles. The van der Waals surface area contributed by atoms with Gasteiger partial charge in [-0.25, -0.2) is 0 Å². The van der Waals surface area contributed by atoms with Gasteiger partial charge in [-0.1, -0.05) is 36.7 Å². The van der Waals surface area contributed by atoms with Crippen molar-refractivity contribution in [1.29, 1.82) is 0 Å². The molecule has 0 spiro atoms. The number of hydrogen-bond acceptors (Lipinski definition) is 2. The van der Waals surface area contributed by atoms with Crippen LogP contribution in [0, 0.1) is 0 Å². The van der Waals surface area contributed by atoms with Gasteiger partial charge in [-0.15, -0.1) is 0 Å². The van der Waals surface area contributed by atoms with Crippen LogP contribution in [-0.2, 0) is 11.2 Å². The average Bonchev–Trinajstić information content (AvgIpc) is 2.48. The number of carbonyl (C=O) groups is 1. The predicted molar refractivity (Wildman–Crippen MR) is 86.0 cm³/mol. The topological polar surface area (TPSA) is 38.3 Å². The summed E-state index contributed by atoms with van der Waals surface area (Å²) < 4.78 is 5.55. The minimum absolute atomic E-state index is 0.0950. The number of amides is 1. The first-order chi connectivity index (χ1) is 10.2. The molecule has 110 valence electrons. The van der Waals surface area contributed by atoms with Crippen molar-refractivity contribution in [2.75, 3.05) is 11.9 Å². The number of rotatable bonds is 6. The number of carbonyl (C=O) groups excluding carboxylic acids is 1. The second kappa shape index (κ2) is 7.70. The lowest BCUT2D eigenvalue weighted by atomic mass is 10.2. The van der Waals surface area contributed by atoms with Gasteiger partial charge in [-0.3, -0.25) is 4.79 Å². The van der Waals surface area contributed by atoms with Crippen LogP contribution >= 0.6 is 11.6 Å². The monoisotopic (exact) mass is 303 g/mol. The Hall–Kier alpha value is -2.00. The molecule has 21 heavy (non-hydrogen) atoms. The lowest BCUT2D eigenvalue weighted by Gasteiger charge is -2.08. The molecule has 0 saturated carbocycles. The third-order valence-corrected chi connectivity index (χ3v) is 3.27. The first-order valence-corrected chi connectivity index (χ1v) is 7.32. The molecule has 2 aromatic carbocycles. The van der Waals surface area contributed by atoms with E-state index in [-0.39, 0.29) is 5.91 Å². The second-order valence-corrected chi connectivity index (χ2v) is 5.09. The standard InChI is InChI=1S/C17H18ClNO2/c1-2-13-6-8-16(9-7-13)21-11-10-17(20)19-15-5-3-4-14(18)12-15/h3-9,12H,2,10-11H2,1H3,(H,19,20). The Balaban J connectivity index is 1.76. The molecule has 1 N–H and O–H groups in total. The molecule has 3 nitrogen and oxygen atoms in total. The molecule has 0 radical (unpaired) electrons. The number of ether oxygens (including phenoxy) is 1. The quantitative estimate of drug-likeness (QED) is 0.863. The van der Waals surface area contributed by atoms with E-state index in [0.717, 1.165) is 12.2 Å². The molecular formula is C17H18ClNO2. The van der Waals surface area contributed by atoms with Crippen molar-refractivity contribution in [3.05, 3.63) is 59.1 Å². The maximum absolute atomic E-state index is 11.8. The van der Waals surface area contributed by atoms with Crippen LogP contribution in [-0.4, -0.2) is 12.5 Å². The molecule has 2 aromatic rings. The fraction of sp³-hybridized carbons (Fsp3) is 0.235. The van der Waals surface area contributed by atoms with Crippen molar-refractivity contribution in [3.63, 3.8) is 0 Å². The van der Waals surface area contributed by atoms with Crippen molar-refractivity contribution in [1.82, 2.24) is 0 Å². The molecule has 0 heterocycles. The molecule has 0 aliphatic rings. The molecule has 0 saturated heterocycles. The summed E-state index contributed by atoms with van der Waals surface area (Å²) in [5.41, 5.74) is 1.96. The van der Waals surface area contributed by atoms with E-state index in [9.17, 15) is 4.79 Å². The minimum atomic E-state index is -0.0950. The van der Waals surface area contributed by atoms with Crippen molar-refractivity contribution in [2.24, 2.45) is 0 Å². The van der Waals surface area contributed by atoms with E-state index >= 15 is 0 Å². The van der Waals surface area contributed by atoms with Gasteiger partial charge in [0.2, 0.25) is 5.91 Å². The van der Waals surface area contributed by atoms with Gasteiger partial charge < -0.3 is 10.1 Å². The van der Waals surface area contributed by atoms with Gasteiger partial charge in [0, 0.05) is 10.7 Å². The van der Waals surface area contributed by atoms with Crippen LogP contribution in [0.15, 0.2) is 48.5 Å². The summed E-state index contributed by atoms with van der Waals surface area (Å²) in [7, 11) is 0. The van der Waals surface area contributed by atoms with Gasteiger partial charge in [0.15, 0.2) is 0 Å². The van der Waals surface area contributed by atoms with E-state index in [1.165, 1.54) is 5.56 Å². The lowest BCUT2D eigenvalue weighted by molar-refractivity contribution is -0.116. The Morgan fingerprint density at radius 3 is 2.62 bits per heavy atom. The van der Waals surface area contributed by atoms with Crippen molar-refractivity contribution in [2.45, 2.75) is 19.8 Å². The molecule has 0 atom stereocenters. The average molecular weight is 304 g/mol. The third kappa shape index (κ3) is 5.12. The summed E-state index contributed by atoms with van der Waals surface area (Å²) in [6.07, 6.45) is 1.30. The zero-order valence-electron chi connectivity index (χ0n) is 11.9. The van der Waals surface area contributed by atoms with Gasteiger partial charge in [0.25, 0.3) is 0 Å². The fourth-order valence-corrected chi connectivity index (χ4v) is 2.06. The van der Waals surface area contributed by atoms with Crippen LogP contribution in [0.1, 0.15) is 18.9 Å². The van der Waals surface area contributed by atoms with E-state index in [4.69, 9.17) is 16.3 Å². The number of benzene rings is 2. The third-order valence-electron chi connectivity index (χ3n) is 3.04. The number of anilines is 1. The molecule has 0 aliphatic carbocycles. The number of halogens is 1. The minimum Gasteiger partial charge on any atom is -0.493 e. The van der Waals surface area contributed by atoms with E-state index in [0.29, 0.717) is 23.7 Å². The molecule has 0 aromatic heterocycles. The van der Waals surface area contributed by atoms with Crippen LogP contribution in [0.25, 0.3) is 0 Å². The maximum Gasteiger partial charge on any atom is 0.227 e. The molecule has 0 bridgehead atoms. The highest BCUT2D eigenvalue weighted by Gasteiger charge is 2.03. The van der Waals surface area contributed by atoms with Crippen LogP contribution in [0.4, 0.5) is 5.69 Å². The molecule has 0 fully saturated rings. The first-order valence-electron chi connectivity index (χ1n) is 6.94. The van der Waals surface area contributed by atoms with Crippen molar-refractivity contribution >= 4 is 23.2 Å². The number of nitrogens with one attached hydrogen (secondary N) is 1. The Morgan fingerprint density at radius 1 is 1.19 bits per heavy atom. The number of hydrogen-bond donors (Lipinski definition) is 1. The van der Waals surface area contributed by atoms with Crippen LogP contribution in [0.2, 0.25) is 5.02 Å². The summed E-state index contributed by atoms with van der Waals surface area (Å²) in [5.74, 6) is 0.685. The Morgan fingerprint density at radius 2 is 1.95 bits per heavy atom. The van der Waals surface area contributed by atoms with Gasteiger partial charge in [0.05, 0.1) is 13.0 Å². The van der Waals surface area contributed by atoms with E-state index in [2.05, 4.69) is 12.2 Å². The summed E-state index contributed by atoms with van der Waals surface area (Å²) in [6.45, 7) is 2.45. The van der Waals surface area contributed by atoms with E-state index < -0.39 is 0 Å². The summed E-state index contributed by atoms with van der Waals surface area (Å²) in [4.78, 5) is 11.8. The molecule has 1 amide bonds. The van der Waals surface area contributed by atoms with E-state index in [1.54, 1.807) is 24.3 Å². The van der Waals surface area contributed by atoms with Crippen LogP contribution < -0.4 is 10.1 Å². The summed E-state index contributed by atoms with van der Waals surface area (Å²) >= 11 is 5.86. The molecule has 4 heteroatoms. The largest absolute Gasteiger partial charge is 0.493 e. The summed E-state index contributed by atoms with van der Waals surface area (Å²) in [5, 5.41) is 3.38. The van der Waals surface area contributed by atoms with Gasteiger partial charge in [0.1, 0.15) is 5.75 Å². The lowest BCUT2D eigenvalue weighted by Crippen LogP contribution is -2.15. The molecule has 2 rings (SSSR count). The maximum atomic E-state index is 11.8. The Kier molecular flexibility index (Phi) is 5.64. The zero-order chi connectivity index (χ0) is 15.1. The van der Waals surface area contributed by atoms with Crippen LogP contribution in [0.5, 0.6) is 5.75 Å². The zero-order valence-corrected chi connectivity index (χ0v) is 12.7. The van der Waals surface area contributed by atoms with Crippen molar-refractivity contribution in [3.8, 4) is 5.75 Å². The SMILES string of the molecule is CCc1ccc(OCCC(=O)Nc2cccc(Cl)c2)cc1. The van der Waals surface area contributed by atoms with Gasteiger partial charge in [-0.05, 0) is 42.3 Å². The van der Waals surface area contributed by atoms with Crippen LogP contribution in [0.3, 0.4) is 0 Å².